The molecule has 18 heavy (non-hydrogen) atoms. The average Bonchev–Trinajstić information content (AvgIpc) is 2.72. The van der Waals surface area contributed by atoms with Gasteiger partial charge in [-0.25, -0.2) is 0 Å². The van der Waals surface area contributed by atoms with Gasteiger partial charge in [-0.05, 0) is 52.5 Å². The van der Waals surface area contributed by atoms with Gasteiger partial charge in [-0.1, -0.05) is 12.8 Å². The molecule has 3 atom stereocenters. The number of aliphatic hydroxyl groups excluding tert-OH is 1. The van der Waals surface area contributed by atoms with Crippen LogP contribution in [0.2, 0.25) is 0 Å². The van der Waals surface area contributed by atoms with Crippen LogP contribution in [-0.4, -0.2) is 45.9 Å². The second-order valence-corrected chi connectivity index (χ2v) is 6.82. The molecule has 0 radical (unpaired) electrons. The summed E-state index contributed by atoms with van der Waals surface area (Å²) in [6.45, 7) is 5.88. The summed E-state index contributed by atoms with van der Waals surface area (Å²) in [6.07, 6.45) is 7.89. The van der Waals surface area contributed by atoms with Crippen LogP contribution in [0.4, 0.5) is 0 Å². The van der Waals surface area contributed by atoms with Gasteiger partial charge in [0.25, 0.3) is 0 Å². The zero-order chi connectivity index (χ0) is 13.2. The van der Waals surface area contributed by atoms with E-state index in [4.69, 9.17) is 0 Å². The van der Waals surface area contributed by atoms with Crippen molar-refractivity contribution in [2.45, 2.75) is 76.5 Å². The molecule has 106 valence electrons. The lowest BCUT2D eigenvalue weighted by Gasteiger charge is -2.41. The standard InChI is InChI=1S/C15H29NO2/c1-15(2,18)9-11-16-10-4-3-7-13(16)12-6-5-8-14(12)17/h12-14,17-18H,3-11H2,1-2H3. The van der Waals surface area contributed by atoms with Gasteiger partial charge in [0.2, 0.25) is 0 Å². The van der Waals surface area contributed by atoms with Crippen LogP contribution >= 0.6 is 0 Å². The van der Waals surface area contributed by atoms with Crippen LogP contribution in [0, 0.1) is 5.92 Å². The van der Waals surface area contributed by atoms with Crippen LogP contribution in [-0.2, 0) is 0 Å². The Balaban J connectivity index is 1.93. The van der Waals surface area contributed by atoms with E-state index < -0.39 is 5.60 Å². The van der Waals surface area contributed by atoms with Crippen molar-refractivity contribution < 1.29 is 10.2 Å². The van der Waals surface area contributed by atoms with E-state index in [2.05, 4.69) is 4.90 Å². The largest absolute Gasteiger partial charge is 0.393 e. The third-order valence-corrected chi connectivity index (χ3v) is 4.70. The molecule has 0 aromatic carbocycles. The van der Waals surface area contributed by atoms with Crippen molar-refractivity contribution in [2.24, 2.45) is 5.92 Å². The van der Waals surface area contributed by atoms with Crippen molar-refractivity contribution in [1.29, 1.82) is 0 Å². The summed E-state index contributed by atoms with van der Waals surface area (Å²) < 4.78 is 0. The highest BCUT2D eigenvalue weighted by Gasteiger charge is 2.37. The van der Waals surface area contributed by atoms with E-state index in [9.17, 15) is 10.2 Å². The maximum atomic E-state index is 10.1. The SMILES string of the molecule is CC(C)(O)CCN1CCCCC1C1CCCC1O. The highest BCUT2D eigenvalue weighted by Crippen LogP contribution is 2.35. The normalized spacial score (nSPS) is 35.0. The molecule has 1 heterocycles. The van der Waals surface area contributed by atoms with Crippen molar-refractivity contribution in [3.8, 4) is 0 Å². The number of likely N-dealkylation sites (tertiary alicyclic amines) is 1. The van der Waals surface area contributed by atoms with Gasteiger partial charge in [-0.3, -0.25) is 4.90 Å². The molecule has 3 heteroatoms. The molecular formula is C15H29NO2. The fourth-order valence-electron chi connectivity index (χ4n) is 3.61. The molecule has 0 spiro atoms. The monoisotopic (exact) mass is 255 g/mol. The molecule has 0 aromatic rings. The number of hydrogen-bond acceptors (Lipinski definition) is 3. The molecular weight excluding hydrogens is 226 g/mol. The van der Waals surface area contributed by atoms with Gasteiger partial charge < -0.3 is 10.2 Å². The van der Waals surface area contributed by atoms with Gasteiger partial charge >= 0.3 is 0 Å². The summed E-state index contributed by atoms with van der Waals surface area (Å²) in [6, 6.07) is 0.554. The van der Waals surface area contributed by atoms with Crippen LogP contribution in [0.15, 0.2) is 0 Å². The summed E-state index contributed by atoms with van der Waals surface area (Å²) in [5.74, 6) is 0.479. The first-order valence-corrected chi connectivity index (χ1v) is 7.62. The van der Waals surface area contributed by atoms with Crippen LogP contribution < -0.4 is 0 Å². The highest BCUT2D eigenvalue weighted by atomic mass is 16.3. The quantitative estimate of drug-likeness (QED) is 0.809. The first-order chi connectivity index (χ1) is 8.47. The van der Waals surface area contributed by atoms with Crippen molar-refractivity contribution in [3.63, 3.8) is 0 Å². The van der Waals surface area contributed by atoms with Crippen LogP contribution in [0.1, 0.15) is 58.8 Å². The van der Waals surface area contributed by atoms with Gasteiger partial charge in [0.05, 0.1) is 11.7 Å². The lowest BCUT2D eigenvalue weighted by molar-refractivity contribution is 0.0112. The van der Waals surface area contributed by atoms with Crippen LogP contribution in [0.3, 0.4) is 0 Å². The number of nitrogens with zero attached hydrogens (tertiary/aromatic N) is 1. The zero-order valence-electron chi connectivity index (χ0n) is 11.9. The number of aliphatic hydroxyl groups is 2. The molecule has 3 nitrogen and oxygen atoms in total. The third kappa shape index (κ3) is 3.69. The summed E-state index contributed by atoms with van der Waals surface area (Å²) in [4.78, 5) is 2.53. The minimum atomic E-state index is -0.573. The maximum Gasteiger partial charge on any atom is 0.0603 e. The lowest BCUT2D eigenvalue weighted by atomic mass is 9.87. The molecule has 1 saturated carbocycles. The first kappa shape index (κ1) is 14.3. The Hall–Kier alpha value is -0.120. The predicted molar refractivity (Wildman–Crippen MR) is 73.5 cm³/mol. The molecule has 2 N–H and O–H groups in total. The molecule has 0 aromatic heterocycles. The second-order valence-electron chi connectivity index (χ2n) is 6.82. The van der Waals surface area contributed by atoms with Crippen molar-refractivity contribution in [2.75, 3.05) is 13.1 Å². The van der Waals surface area contributed by atoms with Crippen molar-refractivity contribution in [1.82, 2.24) is 4.90 Å². The molecule has 2 fully saturated rings. The fourth-order valence-corrected chi connectivity index (χ4v) is 3.61. The molecule has 2 aliphatic rings. The Labute approximate surface area is 111 Å². The Bertz CT molecular complexity index is 262. The zero-order valence-corrected chi connectivity index (χ0v) is 11.9. The molecule has 1 saturated heterocycles. The van der Waals surface area contributed by atoms with Gasteiger partial charge in [-0.15, -0.1) is 0 Å². The Kier molecular flexibility index (Phi) is 4.68. The third-order valence-electron chi connectivity index (χ3n) is 4.70. The Morgan fingerprint density at radius 1 is 1.11 bits per heavy atom. The number of piperidine rings is 1. The van der Waals surface area contributed by atoms with E-state index in [0.717, 1.165) is 25.9 Å². The smallest absolute Gasteiger partial charge is 0.0603 e. The van der Waals surface area contributed by atoms with Crippen LogP contribution in [0.25, 0.3) is 0 Å². The van der Waals surface area contributed by atoms with Gasteiger partial charge in [0.1, 0.15) is 0 Å². The lowest BCUT2D eigenvalue weighted by Crippen LogP contribution is -2.47. The molecule has 1 aliphatic heterocycles. The van der Waals surface area contributed by atoms with E-state index in [-0.39, 0.29) is 6.10 Å². The van der Waals surface area contributed by atoms with Crippen molar-refractivity contribution in [3.05, 3.63) is 0 Å². The fraction of sp³-hybridized carbons (Fsp3) is 1.00. The molecule has 1 aliphatic carbocycles. The predicted octanol–water partition coefficient (Wildman–Crippen LogP) is 2.16. The topological polar surface area (TPSA) is 43.7 Å². The van der Waals surface area contributed by atoms with Gasteiger partial charge in [0.15, 0.2) is 0 Å². The highest BCUT2D eigenvalue weighted by molar-refractivity contribution is 4.90. The van der Waals surface area contributed by atoms with Crippen LogP contribution in [0.5, 0.6) is 0 Å². The summed E-state index contributed by atoms with van der Waals surface area (Å²) in [5, 5.41) is 20.0. The summed E-state index contributed by atoms with van der Waals surface area (Å²) in [5.41, 5.74) is -0.573. The minimum Gasteiger partial charge on any atom is -0.393 e. The van der Waals surface area contributed by atoms with Gasteiger partial charge in [-0.2, -0.15) is 0 Å². The van der Waals surface area contributed by atoms with E-state index in [0.29, 0.717) is 12.0 Å². The number of hydrogen-bond donors (Lipinski definition) is 2. The maximum absolute atomic E-state index is 10.1. The van der Waals surface area contributed by atoms with E-state index >= 15 is 0 Å². The molecule has 2 rings (SSSR count). The van der Waals surface area contributed by atoms with E-state index in [1.54, 1.807) is 0 Å². The molecule has 0 bridgehead atoms. The Morgan fingerprint density at radius 3 is 2.50 bits per heavy atom. The van der Waals surface area contributed by atoms with E-state index in [1.165, 1.54) is 32.1 Å². The number of rotatable bonds is 4. The summed E-state index contributed by atoms with van der Waals surface area (Å²) >= 11 is 0. The minimum absolute atomic E-state index is 0.0854. The van der Waals surface area contributed by atoms with E-state index in [1.807, 2.05) is 13.8 Å². The molecule has 0 amide bonds. The van der Waals surface area contributed by atoms with Gasteiger partial charge in [0, 0.05) is 18.5 Å². The first-order valence-electron chi connectivity index (χ1n) is 7.62. The average molecular weight is 255 g/mol. The molecule has 3 unspecified atom stereocenters. The Morgan fingerprint density at radius 2 is 1.89 bits per heavy atom. The van der Waals surface area contributed by atoms with Crippen molar-refractivity contribution >= 4 is 0 Å². The second kappa shape index (κ2) is 5.89. The summed E-state index contributed by atoms with van der Waals surface area (Å²) in [7, 11) is 0.